The van der Waals surface area contributed by atoms with Gasteiger partial charge in [0.15, 0.2) is 17.4 Å². The number of likely N-dealkylation sites (N-methyl/N-ethyl adjacent to an activating group) is 1. The molecule has 1 aromatic carbocycles. The average molecular weight is 470 g/mol. The summed E-state index contributed by atoms with van der Waals surface area (Å²) in [5.74, 6) is 1.51. The normalized spacial score (nSPS) is 20.0. The van der Waals surface area contributed by atoms with Crippen molar-refractivity contribution in [2.75, 3.05) is 7.05 Å². The SMILES string of the molecule is CCC1C=CC(C2=CCCC(C)=C3NNN(Cc4cccc(-c5ncc(O)cn5)c4)C3=N2)=CN1C. The van der Waals surface area contributed by atoms with Crippen molar-refractivity contribution in [3.05, 3.63) is 89.2 Å². The van der Waals surface area contributed by atoms with Crippen LogP contribution in [0.3, 0.4) is 0 Å². The van der Waals surface area contributed by atoms with Gasteiger partial charge in [-0.2, -0.15) is 0 Å². The van der Waals surface area contributed by atoms with E-state index >= 15 is 0 Å². The third-order valence-corrected chi connectivity index (χ3v) is 6.55. The van der Waals surface area contributed by atoms with Crippen LogP contribution in [0.5, 0.6) is 5.75 Å². The lowest BCUT2D eigenvalue weighted by atomic mass is 10.0. The van der Waals surface area contributed by atoms with Gasteiger partial charge < -0.3 is 15.4 Å². The van der Waals surface area contributed by atoms with Crippen molar-refractivity contribution in [1.82, 2.24) is 30.8 Å². The Hall–Kier alpha value is -3.91. The first-order valence-electron chi connectivity index (χ1n) is 12.0. The van der Waals surface area contributed by atoms with Gasteiger partial charge >= 0.3 is 0 Å². The van der Waals surface area contributed by atoms with Crippen molar-refractivity contribution in [3.63, 3.8) is 0 Å². The highest BCUT2D eigenvalue weighted by molar-refractivity contribution is 6.00. The number of nitrogens with one attached hydrogen (secondary N) is 2. The van der Waals surface area contributed by atoms with E-state index in [0.717, 1.165) is 53.2 Å². The molecule has 0 bridgehead atoms. The van der Waals surface area contributed by atoms with Crippen LogP contribution < -0.4 is 11.0 Å². The number of aromatic nitrogens is 2. The summed E-state index contributed by atoms with van der Waals surface area (Å²) >= 11 is 0. The van der Waals surface area contributed by atoms with E-state index in [1.54, 1.807) is 0 Å². The molecule has 8 heteroatoms. The highest BCUT2D eigenvalue weighted by Crippen LogP contribution is 2.28. The van der Waals surface area contributed by atoms with Crippen molar-refractivity contribution in [2.45, 2.75) is 45.7 Å². The second-order valence-corrected chi connectivity index (χ2v) is 9.09. The van der Waals surface area contributed by atoms with Gasteiger partial charge in [0.25, 0.3) is 0 Å². The molecule has 1 unspecified atom stereocenters. The van der Waals surface area contributed by atoms with E-state index < -0.39 is 0 Å². The van der Waals surface area contributed by atoms with Crippen LogP contribution >= 0.6 is 0 Å². The van der Waals surface area contributed by atoms with Gasteiger partial charge in [0.05, 0.1) is 30.3 Å². The molecular weight excluding hydrogens is 438 g/mol. The molecular formula is C27H31N7O. The van der Waals surface area contributed by atoms with E-state index in [9.17, 15) is 5.11 Å². The molecule has 0 amide bonds. The van der Waals surface area contributed by atoms with E-state index in [-0.39, 0.29) is 5.75 Å². The number of nitrogens with zero attached hydrogens (tertiary/aromatic N) is 5. The molecule has 3 N–H and O–H groups in total. The lowest BCUT2D eigenvalue weighted by Crippen LogP contribution is -2.37. The molecule has 1 atom stereocenters. The van der Waals surface area contributed by atoms with Crippen molar-refractivity contribution in [3.8, 4) is 17.1 Å². The smallest absolute Gasteiger partial charge is 0.170 e. The summed E-state index contributed by atoms with van der Waals surface area (Å²) in [4.78, 5) is 15.9. The Morgan fingerprint density at radius 1 is 1.20 bits per heavy atom. The van der Waals surface area contributed by atoms with Gasteiger partial charge in [0.2, 0.25) is 0 Å². The van der Waals surface area contributed by atoms with Crippen LogP contribution in [0, 0.1) is 0 Å². The number of hydrogen-bond donors (Lipinski definition) is 3. The van der Waals surface area contributed by atoms with Crippen LogP contribution in [0.2, 0.25) is 0 Å². The summed E-state index contributed by atoms with van der Waals surface area (Å²) in [6, 6.07) is 8.53. The highest BCUT2D eigenvalue weighted by atomic mass is 16.3. The van der Waals surface area contributed by atoms with E-state index in [0.29, 0.717) is 18.4 Å². The van der Waals surface area contributed by atoms with Gasteiger partial charge in [-0.05, 0) is 43.4 Å². The fourth-order valence-electron chi connectivity index (χ4n) is 4.53. The van der Waals surface area contributed by atoms with Gasteiger partial charge in [-0.25, -0.2) is 15.0 Å². The quantitative estimate of drug-likeness (QED) is 0.605. The molecule has 1 saturated heterocycles. The molecule has 4 heterocycles. The molecule has 0 aliphatic carbocycles. The van der Waals surface area contributed by atoms with Crippen LogP contribution in [0.25, 0.3) is 11.4 Å². The first-order chi connectivity index (χ1) is 17.0. The van der Waals surface area contributed by atoms with Gasteiger partial charge in [-0.15, -0.1) is 5.53 Å². The van der Waals surface area contributed by atoms with Crippen LogP contribution in [0.4, 0.5) is 0 Å². The summed E-state index contributed by atoms with van der Waals surface area (Å²) in [5.41, 5.74) is 13.1. The second kappa shape index (κ2) is 9.76. The van der Waals surface area contributed by atoms with Crippen molar-refractivity contribution < 1.29 is 5.11 Å². The number of aliphatic imine (C=N–C) groups is 1. The number of benzene rings is 1. The van der Waals surface area contributed by atoms with Gasteiger partial charge in [0, 0.05) is 30.4 Å². The average Bonchev–Trinajstić information content (AvgIpc) is 3.24. The van der Waals surface area contributed by atoms with E-state index in [1.807, 2.05) is 17.1 Å². The zero-order valence-corrected chi connectivity index (χ0v) is 20.4. The molecule has 0 saturated carbocycles. The summed E-state index contributed by atoms with van der Waals surface area (Å²) < 4.78 is 0. The zero-order valence-electron chi connectivity index (χ0n) is 20.4. The number of rotatable bonds is 5. The molecule has 1 fully saturated rings. The lowest BCUT2D eigenvalue weighted by molar-refractivity contribution is 0.302. The minimum Gasteiger partial charge on any atom is -0.505 e. The molecule has 8 nitrogen and oxygen atoms in total. The summed E-state index contributed by atoms with van der Waals surface area (Å²) in [6.45, 7) is 4.97. The molecule has 3 aliphatic rings. The standard InChI is InChI=1S/C27H31N7O/c1-4-22-12-11-21(17-33(22)3)24-10-5-7-18(2)25-27(30-24)34(32-31-25)16-19-8-6-9-20(13-19)26-28-14-23(35)15-29-26/h6,8-15,17,22,31-32,35H,4-5,7,16H2,1-3H3. The lowest BCUT2D eigenvalue weighted by Gasteiger charge is -2.28. The van der Waals surface area contributed by atoms with E-state index in [1.165, 1.54) is 18.0 Å². The predicted molar refractivity (Wildman–Crippen MR) is 137 cm³/mol. The van der Waals surface area contributed by atoms with E-state index in [4.69, 9.17) is 4.99 Å². The minimum absolute atomic E-state index is 0.0532. The predicted octanol–water partition coefficient (Wildman–Crippen LogP) is 4.19. The molecule has 0 spiro atoms. The molecule has 3 aliphatic heterocycles. The van der Waals surface area contributed by atoms with Crippen LogP contribution in [-0.2, 0) is 6.54 Å². The van der Waals surface area contributed by atoms with Gasteiger partial charge in [-0.3, -0.25) is 5.01 Å². The third-order valence-electron chi connectivity index (χ3n) is 6.55. The Morgan fingerprint density at radius 2 is 2.03 bits per heavy atom. The molecule has 2 aromatic rings. The Kier molecular flexibility index (Phi) is 6.37. The maximum atomic E-state index is 9.50. The fourth-order valence-corrected chi connectivity index (χ4v) is 4.53. The minimum atomic E-state index is 0.0532. The largest absolute Gasteiger partial charge is 0.505 e. The van der Waals surface area contributed by atoms with Gasteiger partial charge in [0.1, 0.15) is 0 Å². The van der Waals surface area contributed by atoms with Crippen molar-refractivity contribution in [1.29, 1.82) is 0 Å². The second-order valence-electron chi connectivity index (χ2n) is 9.09. The van der Waals surface area contributed by atoms with Gasteiger partial charge in [-0.1, -0.05) is 43.4 Å². The Morgan fingerprint density at radius 3 is 2.80 bits per heavy atom. The number of allylic oxidation sites excluding steroid dienone is 3. The van der Waals surface area contributed by atoms with Crippen molar-refractivity contribution >= 4 is 5.84 Å². The molecule has 35 heavy (non-hydrogen) atoms. The maximum Gasteiger partial charge on any atom is 0.170 e. The third kappa shape index (κ3) is 4.83. The Bertz CT molecular complexity index is 1260. The number of hydrogen-bond acceptors (Lipinski definition) is 8. The number of amidine groups is 1. The van der Waals surface area contributed by atoms with Crippen molar-refractivity contribution in [2.24, 2.45) is 4.99 Å². The fraction of sp³-hybridized carbons (Fsp3) is 0.296. The molecule has 180 valence electrons. The molecule has 5 rings (SSSR count). The monoisotopic (exact) mass is 469 g/mol. The van der Waals surface area contributed by atoms with E-state index in [2.05, 4.69) is 83.3 Å². The number of hydrazine groups is 2. The Labute approximate surface area is 206 Å². The maximum absolute atomic E-state index is 9.50. The highest BCUT2D eigenvalue weighted by Gasteiger charge is 2.27. The van der Waals surface area contributed by atoms with Crippen LogP contribution in [0.15, 0.2) is 88.6 Å². The zero-order chi connectivity index (χ0) is 24.4. The summed E-state index contributed by atoms with van der Waals surface area (Å²) in [6.07, 6.45) is 14.7. The number of fused-ring (bicyclic) bond motifs is 1. The first kappa shape index (κ1) is 22.9. The summed E-state index contributed by atoms with van der Waals surface area (Å²) in [5, 5.41) is 11.5. The van der Waals surface area contributed by atoms with Crippen LogP contribution in [0.1, 0.15) is 38.7 Å². The van der Waals surface area contributed by atoms with Crippen LogP contribution in [-0.4, -0.2) is 43.9 Å². The topological polar surface area (TPSA) is 88.9 Å². The molecule has 1 aromatic heterocycles. The number of aromatic hydroxyl groups is 1. The Balaban J connectivity index is 1.44. The first-order valence-corrected chi connectivity index (χ1v) is 12.0. The molecule has 0 radical (unpaired) electrons. The summed E-state index contributed by atoms with van der Waals surface area (Å²) in [7, 11) is 2.12.